The summed E-state index contributed by atoms with van der Waals surface area (Å²) in [6.07, 6.45) is 6.40. The first-order chi connectivity index (χ1) is 13.6. The molecule has 3 aliphatic carbocycles. The van der Waals surface area contributed by atoms with Crippen molar-refractivity contribution in [2.24, 2.45) is 17.3 Å². The van der Waals surface area contributed by atoms with E-state index in [1.54, 1.807) is 0 Å². The topological polar surface area (TPSA) is 49.7 Å². The summed E-state index contributed by atoms with van der Waals surface area (Å²) >= 11 is 0. The number of hydrogen-bond donors (Lipinski definition) is 2. The standard InChI is InChI=1S/C25H30O3/c1-25-12-11-18-19(21(25)9-10-24(25)27)8-7-17-13-22(26)23(14-20(17)18)28-15-16-5-3-2-4-6-16/h2-6,13-14,18-19,21,24,26-27H,7-12,15H2,1H3/t18-,19+,21-,24?,25-/m0/s1. The Labute approximate surface area is 167 Å². The zero-order valence-corrected chi connectivity index (χ0v) is 16.6. The van der Waals surface area contributed by atoms with Gasteiger partial charge in [0.2, 0.25) is 0 Å². The summed E-state index contributed by atoms with van der Waals surface area (Å²) in [5.74, 6) is 2.66. The van der Waals surface area contributed by atoms with Crippen LogP contribution < -0.4 is 4.74 Å². The Morgan fingerprint density at radius 1 is 1.07 bits per heavy atom. The van der Waals surface area contributed by atoms with E-state index in [1.165, 1.54) is 17.5 Å². The quantitative estimate of drug-likeness (QED) is 0.773. The molecule has 0 radical (unpaired) electrons. The van der Waals surface area contributed by atoms with Crippen LogP contribution >= 0.6 is 0 Å². The molecule has 148 valence electrons. The molecule has 0 spiro atoms. The van der Waals surface area contributed by atoms with Crippen LogP contribution in [0.15, 0.2) is 42.5 Å². The molecule has 0 heterocycles. The Bertz CT molecular complexity index is 862. The van der Waals surface area contributed by atoms with E-state index in [2.05, 4.69) is 13.0 Å². The van der Waals surface area contributed by atoms with Crippen molar-refractivity contribution in [3.05, 3.63) is 59.2 Å². The summed E-state index contributed by atoms with van der Waals surface area (Å²) in [6, 6.07) is 14.1. The number of aliphatic hydroxyl groups is 1. The summed E-state index contributed by atoms with van der Waals surface area (Å²) in [5, 5.41) is 21.1. The maximum atomic E-state index is 10.6. The van der Waals surface area contributed by atoms with Gasteiger partial charge in [-0.15, -0.1) is 0 Å². The second-order valence-corrected chi connectivity index (χ2v) is 9.35. The minimum Gasteiger partial charge on any atom is -0.504 e. The fraction of sp³-hybridized carbons (Fsp3) is 0.520. The van der Waals surface area contributed by atoms with Gasteiger partial charge in [0.05, 0.1) is 6.10 Å². The van der Waals surface area contributed by atoms with Gasteiger partial charge in [0, 0.05) is 0 Å². The summed E-state index contributed by atoms with van der Waals surface area (Å²) in [5.41, 5.74) is 3.86. The number of aliphatic hydroxyl groups excluding tert-OH is 1. The van der Waals surface area contributed by atoms with Gasteiger partial charge in [-0.25, -0.2) is 0 Å². The fourth-order valence-electron chi connectivity index (χ4n) is 6.41. The smallest absolute Gasteiger partial charge is 0.161 e. The molecule has 3 nitrogen and oxygen atoms in total. The number of aromatic hydroxyl groups is 1. The van der Waals surface area contributed by atoms with Gasteiger partial charge in [-0.2, -0.15) is 0 Å². The third-order valence-electron chi connectivity index (χ3n) is 7.99. The molecule has 2 aromatic rings. The van der Waals surface area contributed by atoms with Crippen molar-refractivity contribution >= 4 is 0 Å². The SMILES string of the molecule is C[C@]12CC[C@@H]3c4cc(OCc5ccccc5)c(O)cc4CC[C@H]3[C@@H]1CCC2O. The van der Waals surface area contributed by atoms with Crippen LogP contribution in [0.25, 0.3) is 0 Å². The Morgan fingerprint density at radius 3 is 2.71 bits per heavy atom. The number of ether oxygens (including phenoxy) is 1. The molecule has 0 saturated heterocycles. The predicted octanol–water partition coefficient (Wildman–Crippen LogP) is 5.19. The molecule has 2 saturated carbocycles. The second kappa shape index (κ2) is 6.81. The van der Waals surface area contributed by atoms with Crippen LogP contribution in [0.5, 0.6) is 11.5 Å². The zero-order valence-electron chi connectivity index (χ0n) is 16.6. The van der Waals surface area contributed by atoms with Crippen molar-refractivity contribution in [1.29, 1.82) is 0 Å². The van der Waals surface area contributed by atoms with Crippen LogP contribution in [0.3, 0.4) is 0 Å². The van der Waals surface area contributed by atoms with Crippen molar-refractivity contribution in [2.75, 3.05) is 0 Å². The molecule has 1 unspecified atom stereocenters. The lowest BCUT2D eigenvalue weighted by molar-refractivity contribution is -0.0226. The molecule has 2 aromatic carbocycles. The number of phenolic OH excluding ortho intramolecular Hbond substituents is 1. The van der Waals surface area contributed by atoms with E-state index in [1.807, 2.05) is 36.4 Å². The maximum Gasteiger partial charge on any atom is 0.161 e. The van der Waals surface area contributed by atoms with Gasteiger partial charge in [0.25, 0.3) is 0 Å². The van der Waals surface area contributed by atoms with Gasteiger partial charge in [-0.05, 0) is 90.5 Å². The first-order valence-corrected chi connectivity index (χ1v) is 10.8. The third-order valence-corrected chi connectivity index (χ3v) is 7.99. The molecule has 28 heavy (non-hydrogen) atoms. The van der Waals surface area contributed by atoms with E-state index in [-0.39, 0.29) is 17.3 Å². The van der Waals surface area contributed by atoms with E-state index >= 15 is 0 Å². The molecule has 2 N–H and O–H groups in total. The molecule has 0 amide bonds. The molecule has 2 fully saturated rings. The lowest BCUT2D eigenvalue weighted by atomic mass is 9.55. The number of aryl methyl sites for hydroxylation is 1. The molecular weight excluding hydrogens is 348 g/mol. The monoisotopic (exact) mass is 378 g/mol. The summed E-state index contributed by atoms with van der Waals surface area (Å²) < 4.78 is 6.00. The molecule has 3 heteroatoms. The van der Waals surface area contributed by atoms with Gasteiger partial charge < -0.3 is 14.9 Å². The van der Waals surface area contributed by atoms with Crippen molar-refractivity contribution in [3.8, 4) is 11.5 Å². The zero-order chi connectivity index (χ0) is 19.3. The van der Waals surface area contributed by atoms with Crippen molar-refractivity contribution in [1.82, 2.24) is 0 Å². The highest BCUT2D eigenvalue weighted by atomic mass is 16.5. The van der Waals surface area contributed by atoms with Crippen LogP contribution in [0, 0.1) is 17.3 Å². The number of hydrogen-bond acceptors (Lipinski definition) is 3. The predicted molar refractivity (Wildman–Crippen MR) is 110 cm³/mol. The van der Waals surface area contributed by atoms with Gasteiger partial charge in [0.1, 0.15) is 6.61 Å². The number of rotatable bonds is 3. The highest BCUT2D eigenvalue weighted by Crippen LogP contribution is 2.61. The Hall–Kier alpha value is -2.00. The highest BCUT2D eigenvalue weighted by molar-refractivity contribution is 5.49. The fourth-order valence-corrected chi connectivity index (χ4v) is 6.41. The van der Waals surface area contributed by atoms with Gasteiger partial charge in [-0.1, -0.05) is 37.3 Å². The summed E-state index contributed by atoms with van der Waals surface area (Å²) in [7, 11) is 0. The largest absolute Gasteiger partial charge is 0.504 e. The van der Waals surface area contributed by atoms with Crippen molar-refractivity contribution < 1.29 is 14.9 Å². The molecule has 0 aliphatic heterocycles. The van der Waals surface area contributed by atoms with Crippen molar-refractivity contribution in [2.45, 2.75) is 64.1 Å². The summed E-state index contributed by atoms with van der Waals surface area (Å²) in [6.45, 7) is 2.78. The lowest BCUT2D eigenvalue weighted by Crippen LogP contribution is -2.43. The highest BCUT2D eigenvalue weighted by Gasteiger charge is 2.54. The Kier molecular flexibility index (Phi) is 4.39. The molecule has 0 aromatic heterocycles. The molecule has 3 aliphatic rings. The number of phenols is 1. The van der Waals surface area contributed by atoms with Crippen LogP contribution in [0.4, 0.5) is 0 Å². The normalized spacial score (nSPS) is 33.6. The molecular formula is C25H30O3. The average Bonchev–Trinajstić information content (AvgIpc) is 3.02. The number of fused-ring (bicyclic) bond motifs is 5. The van der Waals surface area contributed by atoms with Crippen LogP contribution in [0.2, 0.25) is 0 Å². The number of benzene rings is 2. The van der Waals surface area contributed by atoms with Crippen LogP contribution in [0.1, 0.15) is 61.6 Å². The van der Waals surface area contributed by atoms with Gasteiger partial charge >= 0.3 is 0 Å². The van der Waals surface area contributed by atoms with Crippen LogP contribution in [-0.4, -0.2) is 16.3 Å². The van der Waals surface area contributed by atoms with Gasteiger partial charge in [-0.3, -0.25) is 0 Å². The Balaban J connectivity index is 1.42. The second-order valence-electron chi connectivity index (χ2n) is 9.35. The summed E-state index contributed by atoms with van der Waals surface area (Å²) in [4.78, 5) is 0. The average molecular weight is 379 g/mol. The first kappa shape index (κ1) is 18.1. The van der Waals surface area contributed by atoms with E-state index in [0.717, 1.165) is 37.7 Å². The molecule has 0 bridgehead atoms. The van der Waals surface area contributed by atoms with E-state index in [0.29, 0.717) is 30.1 Å². The molecule has 5 atom stereocenters. The minimum absolute atomic E-state index is 0.0994. The molecule has 5 rings (SSSR count). The lowest BCUT2D eigenvalue weighted by Gasteiger charge is -2.50. The van der Waals surface area contributed by atoms with E-state index < -0.39 is 0 Å². The minimum atomic E-state index is -0.135. The Morgan fingerprint density at radius 2 is 1.89 bits per heavy atom. The van der Waals surface area contributed by atoms with Crippen molar-refractivity contribution in [3.63, 3.8) is 0 Å². The van der Waals surface area contributed by atoms with E-state index in [9.17, 15) is 10.2 Å². The van der Waals surface area contributed by atoms with Crippen LogP contribution in [-0.2, 0) is 13.0 Å². The van der Waals surface area contributed by atoms with Gasteiger partial charge in [0.15, 0.2) is 11.5 Å². The van der Waals surface area contributed by atoms with E-state index in [4.69, 9.17) is 4.74 Å². The maximum absolute atomic E-state index is 10.6. The third kappa shape index (κ3) is 2.83. The first-order valence-electron chi connectivity index (χ1n) is 10.8.